The predicted molar refractivity (Wildman–Crippen MR) is 66.5 cm³/mol. The van der Waals surface area contributed by atoms with Crippen molar-refractivity contribution in [1.29, 1.82) is 0 Å². The van der Waals surface area contributed by atoms with E-state index in [2.05, 4.69) is 34.1 Å². The fourth-order valence-electron chi connectivity index (χ4n) is 2.36. The standard InChI is InChI=1S/C13H15N3/c14-10-6-8-16(9-10)13-5-7-15-12-4-2-1-3-11(12)13/h1-5,7,10H,6,8-9,14H2. The van der Waals surface area contributed by atoms with E-state index in [9.17, 15) is 0 Å². The minimum atomic E-state index is 0.312. The fraction of sp³-hybridized carbons (Fsp3) is 0.308. The number of rotatable bonds is 1. The highest BCUT2D eigenvalue weighted by atomic mass is 15.2. The molecule has 0 aliphatic carbocycles. The van der Waals surface area contributed by atoms with Gasteiger partial charge in [0.15, 0.2) is 0 Å². The fourth-order valence-corrected chi connectivity index (χ4v) is 2.36. The Morgan fingerprint density at radius 2 is 2.12 bits per heavy atom. The number of anilines is 1. The number of fused-ring (bicyclic) bond motifs is 1. The number of hydrogen-bond acceptors (Lipinski definition) is 3. The Morgan fingerprint density at radius 1 is 1.25 bits per heavy atom. The van der Waals surface area contributed by atoms with Crippen LogP contribution in [0.3, 0.4) is 0 Å². The Labute approximate surface area is 94.9 Å². The number of benzene rings is 1. The highest BCUT2D eigenvalue weighted by Crippen LogP contribution is 2.27. The molecule has 16 heavy (non-hydrogen) atoms. The Kier molecular flexibility index (Phi) is 2.26. The smallest absolute Gasteiger partial charge is 0.0722 e. The van der Waals surface area contributed by atoms with Crippen LogP contribution in [-0.2, 0) is 0 Å². The van der Waals surface area contributed by atoms with Crippen LogP contribution >= 0.6 is 0 Å². The molecule has 2 N–H and O–H groups in total. The van der Waals surface area contributed by atoms with Gasteiger partial charge in [-0.3, -0.25) is 4.98 Å². The number of para-hydroxylation sites is 1. The average Bonchev–Trinajstić information content (AvgIpc) is 2.75. The molecule has 82 valence electrons. The highest BCUT2D eigenvalue weighted by molar-refractivity contribution is 5.91. The minimum Gasteiger partial charge on any atom is -0.369 e. The topological polar surface area (TPSA) is 42.1 Å². The SMILES string of the molecule is NC1CCN(c2ccnc3ccccc23)C1. The van der Waals surface area contributed by atoms with E-state index >= 15 is 0 Å². The molecule has 1 fully saturated rings. The zero-order valence-electron chi connectivity index (χ0n) is 9.13. The summed E-state index contributed by atoms with van der Waals surface area (Å²) in [4.78, 5) is 6.73. The van der Waals surface area contributed by atoms with E-state index in [1.165, 1.54) is 11.1 Å². The molecule has 1 aliphatic heterocycles. The van der Waals surface area contributed by atoms with Gasteiger partial charge in [0.05, 0.1) is 5.52 Å². The largest absolute Gasteiger partial charge is 0.369 e. The maximum absolute atomic E-state index is 5.95. The summed E-state index contributed by atoms with van der Waals surface area (Å²) < 4.78 is 0. The lowest BCUT2D eigenvalue weighted by Gasteiger charge is -2.19. The van der Waals surface area contributed by atoms with Crippen LogP contribution in [0.25, 0.3) is 10.9 Å². The Hall–Kier alpha value is -1.61. The summed E-state index contributed by atoms with van der Waals surface area (Å²) in [7, 11) is 0. The van der Waals surface area contributed by atoms with Crippen LogP contribution in [-0.4, -0.2) is 24.1 Å². The first-order valence-electron chi connectivity index (χ1n) is 5.69. The van der Waals surface area contributed by atoms with Crippen molar-refractivity contribution in [1.82, 2.24) is 4.98 Å². The van der Waals surface area contributed by atoms with E-state index in [4.69, 9.17) is 5.73 Å². The second kappa shape index (κ2) is 3.76. The van der Waals surface area contributed by atoms with E-state index in [1.807, 2.05) is 12.3 Å². The minimum absolute atomic E-state index is 0.312. The van der Waals surface area contributed by atoms with Crippen molar-refractivity contribution in [3.8, 4) is 0 Å². The third kappa shape index (κ3) is 1.53. The van der Waals surface area contributed by atoms with Crippen molar-refractivity contribution in [3.63, 3.8) is 0 Å². The van der Waals surface area contributed by atoms with Crippen LogP contribution in [0.4, 0.5) is 5.69 Å². The van der Waals surface area contributed by atoms with Crippen molar-refractivity contribution in [2.45, 2.75) is 12.5 Å². The van der Waals surface area contributed by atoms with E-state index in [0.29, 0.717) is 6.04 Å². The van der Waals surface area contributed by atoms with Crippen molar-refractivity contribution in [3.05, 3.63) is 36.5 Å². The summed E-state index contributed by atoms with van der Waals surface area (Å²) in [6.45, 7) is 2.00. The molecule has 1 aromatic carbocycles. The molecule has 3 nitrogen and oxygen atoms in total. The maximum Gasteiger partial charge on any atom is 0.0722 e. The van der Waals surface area contributed by atoms with Crippen LogP contribution in [0.5, 0.6) is 0 Å². The molecular weight excluding hydrogens is 198 g/mol. The van der Waals surface area contributed by atoms with E-state index < -0.39 is 0 Å². The summed E-state index contributed by atoms with van der Waals surface area (Å²) in [5.74, 6) is 0. The Balaban J connectivity index is 2.09. The third-order valence-corrected chi connectivity index (χ3v) is 3.19. The van der Waals surface area contributed by atoms with Gasteiger partial charge < -0.3 is 10.6 Å². The first kappa shape index (κ1) is 9.60. The van der Waals surface area contributed by atoms with Crippen LogP contribution in [0.15, 0.2) is 36.5 Å². The average molecular weight is 213 g/mol. The molecule has 3 rings (SSSR count). The molecule has 0 spiro atoms. The van der Waals surface area contributed by atoms with Crippen molar-refractivity contribution in [2.24, 2.45) is 5.73 Å². The van der Waals surface area contributed by atoms with Gasteiger partial charge in [-0.05, 0) is 18.6 Å². The van der Waals surface area contributed by atoms with Gasteiger partial charge in [-0.2, -0.15) is 0 Å². The van der Waals surface area contributed by atoms with Gasteiger partial charge in [0.25, 0.3) is 0 Å². The van der Waals surface area contributed by atoms with E-state index in [-0.39, 0.29) is 0 Å². The molecule has 0 amide bonds. The summed E-state index contributed by atoms with van der Waals surface area (Å²) in [5, 5.41) is 1.22. The monoisotopic (exact) mass is 213 g/mol. The summed E-state index contributed by atoms with van der Waals surface area (Å²) in [5.41, 5.74) is 8.27. The van der Waals surface area contributed by atoms with Gasteiger partial charge in [-0.25, -0.2) is 0 Å². The number of pyridine rings is 1. The molecule has 2 aromatic rings. The molecular formula is C13H15N3. The maximum atomic E-state index is 5.95. The lowest BCUT2D eigenvalue weighted by atomic mass is 10.2. The third-order valence-electron chi connectivity index (χ3n) is 3.19. The lowest BCUT2D eigenvalue weighted by molar-refractivity contribution is 0.752. The quantitative estimate of drug-likeness (QED) is 0.785. The number of aromatic nitrogens is 1. The highest BCUT2D eigenvalue weighted by Gasteiger charge is 2.20. The van der Waals surface area contributed by atoms with Crippen LogP contribution in [0.2, 0.25) is 0 Å². The normalized spacial score (nSPS) is 20.6. The molecule has 2 heterocycles. The summed E-state index contributed by atoms with van der Waals surface area (Å²) in [6, 6.07) is 10.7. The van der Waals surface area contributed by atoms with Crippen LogP contribution in [0.1, 0.15) is 6.42 Å². The van der Waals surface area contributed by atoms with Crippen LogP contribution in [0, 0.1) is 0 Å². The van der Waals surface area contributed by atoms with E-state index in [0.717, 1.165) is 25.0 Å². The van der Waals surface area contributed by atoms with Gasteiger partial charge in [-0.15, -0.1) is 0 Å². The molecule has 1 aromatic heterocycles. The molecule has 1 aliphatic rings. The zero-order valence-corrected chi connectivity index (χ0v) is 9.13. The van der Waals surface area contributed by atoms with Crippen molar-refractivity contribution >= 4 is 16.6 Å². The molecule has 0 bridgehead atoms. The second-order valence-corrected chi connectivity index (χ2v) is 4.34. The lowest BCUT2D eigenvalue weighted by Crippen LogP contribution is -2.26. The Morgan fingerprint density at radius 3 is 2.94 bits per heavy atom. The first-order chi connectivity index (χ1) is 7.84. The molecule has 1 saturated heterocycles. The van der Waals surface area contributed by atoms with Gasteiger partial charge >= 0.3 is 0 Å². The second-order valence-electron chi connectivity index (χ2n) is 4.34. The van der Waals surface area contributed by atoms with Crippen molar-refractivity contribution < 1.29 is 0 Å². The van der Waals surface area contributed by atoms with Crippen molar-refractivity contribution in [2.75, 3.05) is 18.0 Å². The van der Waals surface area contributed by atoms with Gasteiger partial charge in [0.1, 0.15) is 0 Å². The molecule has 1 atom stereocenters. The summed E-state index contributed by atoms with van der Waals surface area (Å²) >= 11 is 0. The first-order valence-corrected chi connectivity index (χ1v) is 5.69. The molecule has 0 radical (unpaired) electrons. The molecule has 3 heteroatoms. The zero-order chi connectivity index (χ0) is 11.0. The predicted octanol–water partition coefficient (Wildman–Crippen LogP) is 1.77. The molecule has 0 saturated carbocycles. The van der Waals surface area contributed by atoms with Gasteiger partial charge in [0, 0.05) is 36.4 Å². The number of hydrogen-bond donors (Lipinski definition) is 1. The van der Waals surface area contributed by atoms with Crippen LogP contribution < -0.4 is 10.6 Å². The number of nitrogens with two attached hydrogens (primary N) is 1. The van der Waals surface area contributed by atoms with Gasteiger partial charge in [0.2, 0.25) is 0 Å². The van der Waals surface area contributed by atoms with E-state index in [1.54, 1.807) is 0 Å². The summed E-state index contributed by atoms with van der Waals surface area (Å²) in [6.07, 6.45) is 2.96. The van der Waals surface area contributed by atoms with Gasteiger partial charge in [-0.1, -0.05) is 18.2 Å². The number of nitrogens with zero attached hydrogens (tertiary/aromatic N) is 2. The molecule has 1 unspecified atom stereocenters. The Bertz CT molecular complexity index is 504.